The van der Waals surface area contributed by atoms with Gasteiger partial charge in [0.25, 0.3) is 0 Å². The van der Waals surface area contributed by atoms with Gasteiger partial charge in [0.1, 0.15) is 0 Å². The standard InChI is InChI=1S/C17H23F2N3O3/c1-21(8-9-25-2)15(23)10-14-17(24)20-6-7-22(14)11-12-4-3-5-13(18)16(12)19/h3-5,14H,6-11H2,1-2H3,(H,20,24). The van der Waals surface area contributed by atoms with E-state index in [0.29, 0.717) is 26.2 Å². The molecular weight excluding hydrogens is 332 g/mol. The van der Waals surface area contributed by atoms with E-state index in [4.69, 9.17) is 4.74 Å². The van der Waals surface area contributed by atoms with Gasteiger partial charge in [-0.25, -0.2) is 8.78 Å². The fourth-order valence-corrected chi connectivity index (χ4v) is 2.74. The van der Waals surface area contributed by atoms with Gasteiger partial charge in [-0.2, -0.15) is 0 Å². The number of amides is 2. The smallest absolute Gasteiger partial charge is 0.237 e. The average molecular weight is 355 g/mol. The van der Waals surface area contributed by atoms with E-state index in [2.05, 4.69) is 5.32 Å². The van der Waals surface area contributed by atoms with Gasteiger partial charge in [0.05, 0.1) is 19.1 Å². The first-order valence-corrected chi connectivity index (χ1v) is 8.11. The minimum Gasteiger partial charge on any atom is -0.383 e. The molecule has 25 heavy (non-hydrogen) atoms. The van der Waals surface area contributed by atoms with Crippen LogP contribution in [0, 0.1) is 11.6 Å². The summed E-state index contributed by atoms with van der Waals surface area (Å²) in [5.41, 5.74) is 0.167. The molecule has 1 N–H and O–H groups in total. The van der Waals surface area contributed by atoms with Crippen molar-refractivity contribution in [2.24, 2.45) is 0 Å². The molecule has 1 aliphatic rings. The van der Waals surface area contributed by atoms with Gasteiger partial charge in [-0.05, 0) is 6.07 Å². The Morgan fingerprint density at radius 2 is 2.20 bits per heavy atom. The van der Waals surface area contributed by atoms with Crippen LogP contribution >= 0.6 is 0 Å². The summed E-state index contributed by atoms with van der Waals surface area (Å²) in [6, 6.07) is 3.24. The van der Waals surface area contributed by atoms with Gasteiger partial charge in [0.2, 0.25) is 11.8 Å². The average Bonchev–Trinajstić information content (AvgIpc) is 2.59. The topological polar surface area (TPSA) is 61.9 Å². The maximum Gasteiger partial charge on any atom is 0.237 e. The summed E-state index contributed by atoms with van der Waals surface area (Å²) in [4.78, 5) is 27.7. The van der Waals surface area contributed by atoms with E-state index in [-0.39, 0.29) is 30.3 Å². The molecule has 1 fully saturated rings. The fraction of sp³-hybridized carbons (Fsp3) is 0.529. The number of ether oxygens (including phenoxy) is 1. The quantitative estimate of drug-likeness (QED) is 0.785. The van der Waals surface area contributed by atoms with Gasteiger partial charge in [-0.15, -0.1) is 0 Å². The highest BCUT2D eigenvalue weighted by Gasteiger charge is 2.32. The highest BCUT2D eigenvalue weighted by atomic mass is 19.2. The molecule has 0 radical (unpaired) electrons. The Hall–Kier alpha value is -2.06. The molecule has 1 aromatic rings. The predicted octanol–water partition coefficient (Wildman–Crippen LogP) is 0.760. The second-order valence-electron chi connectivity index (χ2n) is 6.00. The fourth-order valence-electron chi connectivity index (χ4n) is 2.74. The van der Waals surface area contributed by atoms with Crippen molar-refractivity contribution in [3.05, 3.63) is 35.4 Å². The third-order valence-electron chi connectivity index (χ3n) is 4.27. The molecule has 1 heterocycles. The largest absolute Gasteiger partial charge is 0.383 e. The summed E-state index contributed by atoms with van der Waals surface area (Å²) in [7, 11) is 3.18. The van der Waals surface area contributed by atoms with Gasteiger partial charge in [0.15, 0.2) is 11.6 Å². The molecule has 2 amide bonds. The summed E-state index contributed by atoms with van der Waals surface area (Å²) in [6.45, 7) is 1.75. The zero-order valence-electron chi connectivity index (χ0n) is 14.4. The van der Waals surface area contributed by atoms with E-state index in [1.807, 2.05) is 0 Å². The summed E-state index contributed by atoms with van der Waals surface area (Å²) in [6.07, 6.45) is -0.0248. The molecule has 1 aliphatic heterocycles. The van der Waals surface area contributed by atoms with Gasteiger partial charge in [-0.3, -0.25) is 14.5 Å². The van der Waals surface area contributed by atoms with Crippen molar-refractivity contribution in [1.29, 1.82) is 0 Å². The molecule has 6 nitrogen and oxygen atoms in total. The van der Waals surface area contributed by atoms with Gasteiger partial charge in [-0.1, -0.05) is 12.1 Å². The van der Waals surface area contributed by atoms with Crippen LogP contribution in [0.2, 0.25) is 0 Å². The number of methoxy groups -OCH3 is 1. The number of carbonyl (C=O) groups is 2. The molecule has 2 rings (SSSR count). The van der Waals surface area contributed by atoms with Crippen molar-refractivity contribution in [3.63, 3.8) is 0 Å². The molecular formula is C17H23F2N3O3. The van der Waals surface area contributed by atoms with Crippen LogP contribution < -0.4 is 5.32 Å². The molecule has 0 aromatic heterocycles. The Kier molecular flexibility index (Phi) is 6.83. The van der Waals surface area contributed by atoms with E-state index in [0.717, 1.165) is 6.07 Å². The van der Waals surface area contributed by atoms with Crippen molar-refractivity contribution >= 4 is 11.8 Å². The lowest BCUT2D eigenvalue weighted by atomic mass is 10.1. The van der Waals surface area contributed by atoms with E-state index < -0.39 is 17.7 Å². The summed E-state index contributed by atoms with van der Waals surface area (Å²) in [5.74, 6) is -2.33. The zero-order valence-corrected chi connectivity index (χ0v) is 14.4. The van der Waals surface area contributed by atoms with Crippen LogP contribution in [0.5, 0.6) is 0 Å². The Balaban J connectivity index is 2.08. The lowest BCUT2D eigenvalue weighted by molar-refractivity contribution is -0.138. The van der Waals surface area contributed by atoms with Crippen molar-refractivity contribution in [3.8, 4) is 0 Å². The number of nitrogens with zero attached hydrogens (tertiary/aromatic N) is 2. The van der Waals surface area contributed by atoms with Crippen LogP contribution in [0.4, 0.5) is 8.78 Å². The normalized spacial score (nSPS) is 18.1. The third-order valence-corrected chi connectivity index (χ3v) is 4.27. The number of piperazine rings is 1. The molecule has 0 saturated carbocycles. The second-order valence-corrected chi connectivity index (χ2v) is 6.00. The Bertz CT molecular complexity index is 627. The Morgan fingerprint density at radius 3 is 2.92 bits per heavy atom. The first-order valence-electron chi connectivity index (χ1n) is 8.11. The van der Waals surface area contributed by atoms with Crippen LogP contribution in [0.25, 0.3) is 0 Å². The highest BCUT2D eigenvalue weighted by molar-refractivity contribution is 5.88. The van der Waals surface area contributed by atoms with E-state index >= 15 is 0 Å². The monoisotopic (exact) mass is 355 g/mol. The molecule has 1 unspecified atom stereocenters. The van der Waals surface area contributed by atoms with Gasteiger partial charge >= 0.3 is 0 Å². The minimum atomic E-state index is -0.925. The number of carbonyl (C=O) groups excluding carboxylic acids is 2. The van der Waals surface area contributed by atoms with Crippen LogP contribution in [-0.4, -0.2) is 68.1 Å². The molecule has 0 aliphatic carbocycles. The van der Waals surface area contributed by atoms with Crippen LogP contribution in [0.1, 0.15) is 12.0 Å². The van der Waals surface area contributed by atoms with Crippen LogP contribution in [-0.2, 0) is 20.9 Å². The van der Waals surface area contributed by atoms with Crippen molar-refractivity contribution in [2.75, 3.05) is 40.4 Å². The maximum atomic E-state index is 13.9. The number of hydrogen-bond acceptors (Lipinski definition) is 4. The van der Waals surface area contributed by atoms with Crippen molar-refractivity contribution < 1.29 is 23.1 Å². The number of rotatable bonds is 7. The van der Waals surface area contributed by atoms with E-state index in [9.17, 15) is 18.4 Å². The molecule has 8 heteroatoms. The molecule has 0 bridgehead atoms. The molecule has 1 atom stereocenters. The predicted molar refractivity (Wildman–Crippen MR) is 87.7 cm³/mol. The number of nitrogens with one attached hydrogen (secondary N) is 1. The number of hydrogen-bond donors (Lipinski definition) is 1. The lowest BCUT2D eigenvalue weighted by Gasteiger charge is -2.35. The molecule has 1 saturated heterocycles. The first kappa shape index (κ1) is 19.3. The Labute approximate surface area is 145 Å². The molecule has 138 valence electrons. The second kappa shape index (κ2) is 8.87. The van der Waals surface area contributed by atoms with Gasteiger partial charge < -0.3 is 15.0 Å². The van der Waals surface area contributed by atoms with E-state index in [1.54, 1.807) is 19.1 Å². The first-order chi connectivity index (χ1) is 11.9. The van der Waals surface area contributed by atoms with Gasteiger partial charge in [0, 0.05) is 45.9 Å². The number of likely N-dealkylation sites (N-methyl/N-ethyl adjacent to an activating group) is 1. The molecule has 1 aromatic carbocycles. The molecule has 0 spiro atoms. The maximum absolute atomic E-state index is 13.9. The van der Waals surface area contributed by atoms with E-state index in [1.165, 1.54) is 17.0 Å². The van der Waals surface area contributed by atoms with Crippen LogP contribution in [0.15, 0.2) is 18.2 Å². The number of halogens is 2. The van der Waals surface area contributed by atoms with Crippen molar-refractivity contribution in [1.82, 2.24) is 15.1 Å². The van der Waals surface area contributed by atoms with Crippen LogP contribution in [0.3, 0.4) is 0 Å². The highest BCUT2D eigenvalue weighted by Crippen LogP contribution is 2.18. The number of benzene rings is 1. The van der Waals surface area contributed by atoms with Crippen molar-refractivity contribution in [2.45, 2.75) is 19.0 Å². The summed E-state index contributed by atoms with van der Waals surface area (Å²) < 4.78 is 32.3. The third kappa shape index (κ3) is 4.96. The zero-order chi connectivity index (χ0) is 18.4. The lowest BCUT2D eigenvalue weighted by Crippen LogP contribution is -2.56. The summed E-state index contributed by atoms with van der Waals surface area (Å²) >= 11 is 0. The minimum absolute atomic E-state index is 0.0248. The Morgan fingerprint density at radius 1 is 1.44 bits per heavy atom. The summed E-state index contributed by atoms with van der Waals surface area (Å²) in [5, 5.41) is 2.72. The SMILES string of the molecule is COCCN(C)C(=O)CC1C(=O)NCCN1Cc1cccc(F)c1F.